The minimum Gasteiger partial charge on any atom is -0.469 e. The van der Waals surface area contributed by atoms with E-state index in [9.17, 15) is 52.7 Å². The van der Waals surface area contributed by atoms with Gasteiger partial charge in [0.1, 0.15) is 23.9 Å². The number of fused-ring (bicyclic) bond motifs is 1. The molecule has 14 bridgehead atoms. The highest BCUT2D eigenvalue weighted by atomic mass is 16.6. The van der Waals surface area contributed by atoms with Crippen LogP contribution in [0.5, 0.6) is 0 Å². The van der Waals surface area contributed by atoms with Crippen LogP contribution in [0.15, 0.2) is 0 Å². The van der Waals surface area contributed by atoms with E-state index in [4.69, 9.17) is 42.6 Å². The zero-order valence-electron chi connectivity index (χ0n) is 49.9. The predicted molar refractivity (Wildman–Crippen MR) is 285 cm³/mol. The SMILES string of the molecule is CCOC(=O)COC(C)=O.COC(=O)C12CC3CC(C1)C(OC(C)=O)C(C3)C2.COC(=O)C12CC3CC(CC(COC(C)=O)(C3)C1)C2.COC(=O)C12CC3CC(CC(OC(C)=O)(C3)C1)C2.COC(=O)C1C2CC3C(OC(=O)C31)C2OC(C)=O. The molecule has 14 saturated carbocycles. The number of esters is 11. The van der Waals surface area contributed by atoms with Crippen LogP contribution in [0.1, 0.15) is 157 Å². The summed E-state index contributed by atoms with van der Waals surface area (Å²) in [6.07, 6.45) is 16.5. The standard InChI is InChI=1S/C15H22O4.2C14H20O4.C12H14O6.C6H10O4/c1-10(16)19-9-14-4-11-3-12(5-14)7-15(6-11,8-14)13(17)18-2;1-9(15)18-14-6-10-3-11(7-14)5-13(4-10,8-14)12(16)17-2;1-8(15)18-12-10-3-9-4-11(12)7-14(5-9,6-10)13(16)17-2;1-4(13)17-9-5-3-6-8(7(5)11(14)16-2)12(15)18-10(6)9;1-3-9-6(8)4-10-5(2)7/h11-12H,3-9H2,1-2H3;10-11H,3-8H2,1-2H3;9-12H,3-7H2,1-2H3;5-10H,3H2,1-2H3;3-4H2,1-2H3. The largest absolute Gasteiger partial charge is 0.469 e. The van der Waals surface area contributed by atoms with Gasteiger partial charge >= 0.3 is 65.7 Å². The predicted octanol–water partition coefficient (Wildman–Crippen LogP) is 6.30. The average Bonchev–Trinajstić information content (AvgIpc) is 4.23. The minimum atomic E-state index is -0.532. The Morgan fingerprint density at radius 3 is 1.47 bits per heavy atom. The van der Waals surface area contributed by atoms with Crippen LogP contribution in [-0.2, 0) is 105 Å². The molecule has 22 nitrogen and oxygen atoms in total. The van der Waals surface area contributed by atoms with Crippen molar-refractivity contribution >= 4 is 65.7 Å². The summed E-state index contributed by atoms with van der Waals surface area (Å²) in [6, 6.07) is 0. The van der Waals surface area contributed by atoms with Crippen LogP contribution in [-0.4, -0.2) is 138 Å². The topological polar surface area (TPSA) is 289 Å². The Bertz CT molecular complexity index is 2490. The Labute approximate surface area is 485 Å². The van der Waals surface area contributed by atoms with Crippen molar-refractivity contribution in [1.29, 1.82) is 0 Å². The third-order valence-corrected chi connectivity index (χ3v) is 20.5. The lowest BCUT2D eigenvalue weighted by atomic mass is 9.44. The van der Waals surface area contributed by atoms with Crippen LogP contribution < -0.4 is 0 Å². The van der Waals surface area contributed by atoms with Gasteiger partial charge in [-0.25, -0.2) is 4.79 Å². The zero-order valence-corrected chi connectivity index (χ0v) is 49.9. The quantitative estimate of drug-likeness (QED) is 0.153. The summed E-state index contributed by atoms with van der Waals surface area (Å²) in [5.74, 6) is -0.572. The maximum atomic E-state index is 12.2. The zero-order chi connectivity index (χ0) is 60.6. The van der Waals surface area contributed by atoms with Crippen molar-refractivity contribution in [3.05, 3.63) is 0 Å². The Morgan fingerprint density at radius 2 is 0.988 bits per heavy atom. The van der Waals surface area contributed by atoms with Gasteiger partial charge in [0.25, 0.3) is 0 Å². The minimum absolute atomic E-state index is 0.0176. The summed E-state index contributed by atoms with van der Waals surface area (Å²) < 4.78 is 55.5. The number of ether oxygens (including phenoxy) is 11. The highest BCUT2D eigenvalue weighted by molar-refractivity contribution is 5.86. The second kappa shape index (κ2) is 25.0. The summed E-state index contributed by atoms with van der Waals surface area (Å²) in [5.41, 5.74) is -1.30. The first-order valence-electron chi connectivity index (χ1n) is 29.7. The molecule has 12 atom stereocenters. The molecule has 15 aliphatic rings. The third-order valence-electron chi connectivity index (χ3n) is 20.5. The Hall–Kier alpha value is -5.83. The second-order valence-corrected chi connectivity index (χ2v) is 26.5. The van der Waals surface area contributed by atoms with E-state index in [1.54, 1.807) is 6.92 Å². The van der Waals surface area contributed by atoms with Gasteiger partial charge < -0.3 is 52.1 Å². The van der Waals surface area contributed by atoms with Crippen molar-refractivity contribution in [3.8, 4) is 0 Å². The molecule has 22 heteroatoms. The number of methoxy groups -OCH3 is 4. The van der Waals surface area contributed by atoms with E-state index in [2.05, 4.69) is 9.47 Å². The van der Waals surface area contributed by atoms with Gasteiger partial charge in [-0.05, 0) is 158 Å². The molecule has 462 valence electrons. The average molecular weight is 1170 g/mol. The molecular formula is C61H86O22. The van der Waals surface area contributed by atoms with Gasteiger partial charge in [0.15, 0.2) is 6.61 Å². The van der Waals surface area contributed by atoms with Crippen molar-refractivity contribution in [2.45, 2.75) is 181 Å². The Kier molecular flexibility index (Phi) is 19.0. The molecule has 1 saturated heterocycles. The van der Waals surface area contributed by atoms with Gasteiger partial charge in [0.2, 0.25) is 0 Å². The number of carbonyl (C=O) groups excluding carboxylic acids is 11. The molecule has 0 aromatic carbocycles. The van der Waals surface area contributed by atoms with E-state index in [-0.39, 0.29) is 99.7 Å². The smallest absolute Gasteiger partial charge is 0.344 e. The van der Waals surface area contributed by atoms with Crippen LogP contribution in [0, 0.1) is 86.8 Å². The molecule has 0 amide bonds. The molecule has 0 aromatic rings. The molecule has 14 aliphatic carbocycles. The van der Waals surface area contributed by atoms with Gasteiger partial charge in [0.05, 0.1) is 69.7 Å². The fraction of sp³-hybridized carbons (Fsp3) is 0.820. The lowest BCUT2D eigenvalue weighted by molar-refractivity contribution is -0.210. The van der Waals surface area contributed by atoms with Gasteiger partial charge in [-0.15, -0.1) is 0 Å². The van der Waals surface area contributed by atoms with E-state index in [0.717, 1.165) is 89.9 Å². The number of hydrogen-bond acceptors (Lipinski definition) is 22. The molecule has 1 aliphatic heterocycles. The fourth-order valence-corrected chi connectivity index (χ4v) is 19.4. The fourth-order valence-electron chi connectivity index (χ4n) is 19.4. The Morgan fingerprint density at radius 1 is 0.494 bits per heavy atom. The highest BCUT2D eigenvalue weighted by Crippen LogP contribution is 2.67. The van der Waals surface area contributed by atoms with E-state index in [0.29, 0.717) is 67.5 Å². The first-order chi connectivity index (χ1) is 39.2. The molecule has 12 unspecified atom stereocenters. The van der Waals surface area contributed by atoms with E-state index >= 15 is 0 Å². The lowest BCUT2D eigenvalue weighted by Gasteiger charge is -2.60. The van der Waals surface area contributed by atoms with Crippen molar-refractivity contribution < 1.29 is 105 Å². The maximum Gasteiger partial charge on any atom is 0.344 e. The summed E-state index contributed by atoms with van der Waals surface area (Å²) >= 11 is 0. The maximum absolute atomic E-state index is 12.2. The second-order valence-electron chi connectivity index (χ2n) is 26.5. The number of carbonyl (C=O) groups is 11. The normalized spacial score (nSPS) is 39.8. The molecule has 0 radical (unpaired) electrons. The first-order valence-corrected chi connectivity index (χ1v) is 29.7. The van der Waals surface area contributed by atoms with E-state index in [1.165, 1.54) is 75.9 Å². The number of hydrogen-bond donors (Lipinski definition) is 0. The van der Waals surface area contributed by atoms with Gasteiger partial charge in [-0.1, -0.05) is 0 Å². The molecule has 0 N–H and O–H groups in total. The third kappa shape index (κ3) is 13.2. The highest BCUT2D eigenvalue weighted by Gasteiger charge is 2.70. The van der Waals surface area contributed by atoms with Gasteiger partial charge in [0, 0.05) is 58.3 Å². The summed E-state index contributed by atoms with van der Waals surface area (Å²) in [4.78, 5) is 125. The van der Waals surface area contributed by atoms with Gasteiger partial charge in [-0.2, -0.15) is 0 Å². The lowest BCUT2D eigenvalue weighted by Crippen LogP contribution is -2.59. The van der Waals surface area contributed by atoms with Crippen LogP contribution >= 0.6 is 0 Å². The van der Waals surface area contributed by atoms with Gasteiger partial charge in [-0.3, -0.25) is 47.9 Å². The molecular weight excluding hydrogens is 1080 g/mol. The van der Waals surface area contributed by atoms with Crippen molar-refractivity contribution in [2.75, 3.05) is 48.3 Å². The van der Waals surface area contributed by atoms with Crippen LogP contribution in [0.2, 0.25) is 0 Å². The van der Waals surface area contributed by atoms with Crippen molar-refractivity contribution in [1.82, 2.24) is 0 Å². The molecule has 0 aromatic heterocycles. The summed E-state index contributed by atoms with van der Waals surface area (Å²) in [5, 5.41) is 0. The summed E-state index contributed by atoms with van der Waals surface area (Å²) in [6.45, 7) is 9.12. The summed E-state index contributed by atoms with van der Waals surface area (Å²) in [7, 11) is 5.72. The number of rotatable bonds is 12. The molecule has 0 spiro atoms. The van der Waals surface area contributed by atoms with E-state index < -0.39 is 41.8 Å². The van der Waals surface area contributed by atoms with Crippen molar-refractivity contribution in [2.24, 2.45) is 86.8 Å². The first kappa shape index (κ1) is 63.2. The molecule has 15 fully saturated rings. The van der Waals surface area contributed by atoms with Crippen LogP contribution in [0.3, 0.4) is 0 Å². The molecule has 83 heavy (non-hydrogen) atoms. The van der Waals surface area contributed by atoms with E-state index in [1.807, 2.05) is 0 Å². The van der Waals surface area contributed by atoms with Crippen LogP contribution in [0.25, 0.3) is 0 Å². The Balaban J connectivity index is 0.000000137. The van der Waals surface area contributed by atoms with Crippen LogP contribution in [0.4, 0.5) is 0 Å². The monoisotopic (exact) mass is 1170 g/mol. The molecule has 15 rings (SSSR count). The van der Waals surface area contributed by atoms with Crippen molar-refractivity contribution in [3.63, 3.8) is 0 Å². The molecule has 1 heterocycles.